The molecule has 1 rings (SSSR count). The number of rotatable bonds is 2. The molecule has 1 aliphatic heterocycles. The van der Waals surface area contributed by atoms with E-state index in [1.165, 1.54) is 0 Å². The lowest BCUT2D eigenvalue weighted by molar-refractivity contribution is 0.395. The number of nitrogens with zero attached hydrogens (tertiary/aromatic N) is 2. The van der Waals surface area contributed by atoms with Gasteiger partial charge in [0.15, 0.2) is 0 Å². The lowest BCUT2D eigenvalue weighted by atomic mass is 10.3. The van der Waals surface area contributed by atoms with E-state index in [0.29, 0.717) is 10.5 Å². The van der Waals surface area contributed by atoms with E-state index in [4.69, 9.17) is 5.84 Å². The third-order valence-electron chi connectivity index (χ3n) is 2.33. The molecular formula is C10H22N4S. The fourth-order valence-corrected chi connectivity index (χ4v) is 3.13. The summed E-state index contributed by atoms with van der Waals surface area (Å²) in [7, 11) is 0. The fraction of sp³-hybridized carbons (Fsp3) is 0.900. The lowest BCUT2D eigenvalue weighted by Crippen LogP contribution is -2.51. The van der Waals surface area contributed by atoms with Crippen molar-refractivity contribution in [3.8, 4) is 0 Å². The van der Waals surface area contributed by atoms with Crippen molar-refractivity contribution in [2.75, 3.05) is 19.6 Å². The van der Waals surface area contributed by atoms with Gasteiger partial charge in [0.05, 0.1) is 0 Å². The van der Waals surface area contributed by atoms with Crippen LogP contribution in [0, 0.1) is 0 Å². The number of thioether (sulfide) groups is 1. The minimum absolute atomic E-state index is 0.647. The zero-order chi connectivity index (χ0) is 11.3. The predicted octanol–water partition coefficient (Wildman–Crippen LogP) is 1.04. The van der Waals surface area contributed by atoms with Crippen LogP contribution in [-0.2, 0) is 0 Å². The SMILES string of the molecule is CCCN=C(NN)N1CC(C)SC(C)C1. The maximum atomic E-state index is 5.51. The minimum atomic E-state index is 0.647. The molecule has 0 spiro atoms. The Hall–Kier alpha value is -0.420. The summed E-state index contributed by atoms with van der Waals surface area (Å²) in [5, 5.41) is 1.29. The van der Waals surface area contributed by atoms with Gasteiger partial charge in [-0.05, 0) is 6.42 Å². The highest BCUT2D eigenvalue weighted by molar-refractivity contribution is 8.00. The van der Waals surface area contributed by atoms with Crippen LogP contribution in [0.1, 0.15) is 27.2 Å². The summed E-state index contributed by atoms with van der Waals surface area (Å²) in [6.45, 7) is 9.52. The number of nitrogens with one attached hydrogen (secondary N) is 1. The van der Waals surface area contributed by atoms with Crippen molar-refractivity contribution in [2.45, 2.75) is 37.7 Å². The largest absolute Gasteiger partial charge is 0.340 e. The van der Waals surface area contributed by atoms with Crippen LogP contribution < -0.4 is 11.3 Å². The first-order valence-corrected chi connectivity index (χ1v) is 6.53. The smallest absolute Gasteiger partial charge is 0.208 e. The second-order valence-electron chi connectivity index (χ2n) is 4.01. The standard InChI is InChI=1S/C10H22N4S/c1-4-5-12-10(13-11)14-6-8(2)15-9(3)7-14/h8-9H,4-7,11H2,1-3H3,(H,12,13). The summed E-state index contributed by atoms with van der Waals surface area (Å²) in [5.41, 5.74) is 2.71. The molecule has 1 saturated heterocycles. The monoisotopic (exact) mass is 230 g/mol. The molecule has 0 aromatic heterocycles. The van der Waals surface area contributed by atoms with E-state index in [-0.39, 0.29) is 0 Å². The maximum Gasteiger partial charge on any atom is 0.208 e. The van der Waals surface area contributed by atoms with Crippen molar-refractivity contribution in [1.82, 2.24) is 10.3 Å². The molecule has 0 aromatic rings. The summed E-state index contributed by atoms with van der Waals surface area (Å²) >= 11 is 2.03. The van der Waals surface area contributed by atoms with Gasteiger partial charge in [0.25, 0.3) is 0 Å². The molecule has 1 heterocycles. The minimum Gasteiger partial charge on any atom is -0.340 e. The highest BCUT2D eigenvalue weighted by Crippen LogP contribution is 2.24. The van der Waals surface area contributed by atoms with Crippen LogP contribution in [0.4, 0.5) is 0 Å². The summed E-state index contributed by atoms with van der Waals surface area (Å²) in [4.78, 5) is 6.70. The average molecular weight is 230 g/mol. The van der Waals surface area contributed by atoms with Crippen molar-refractivity contribution in [3.63, 3.8) is 0 Å². The molecule has 15 heavy (non-hydrogen) atoms. The molecule has 2 atom stereocenters. The number of hydrogen-bond acceptors (Lipinski definition) is 3. The molecule has 1 aliphatic rings. The molecule has 0 radical (unpaired) electrons. The number of nitrogens with two attached hydrogens (primary N) is 1. The third kappa shape index (κ3) is 3.91. The predicted molar refractivity (Wildman–Crippen MR) is 68.0 cm³/mol. The van der Waals surface area contributed by atoms with Gasteiger partial charge >= 0.3 is 0 Å². The molecule has 4 nitrogen and oxygen atoms in total. The van der Waals surface area contributed by atoms with Gasteiger partial charge in [-0.25, -0.2) is 5.84 Å². The third-order valence-corrected chi connectivity index (χ3v) is 3.56. The van der Waals surface area contributed by atoms with Gasteiger partial charge in [-0.3, -0.25) is 10.4 Å². The van der Waals surface area contributed by atoms with Crippen LogP contribution >= 0.6 is 11.8 Å². The molecule has 0 aromatic carbocycles. The maximum absolute atomic E-state index is 5.51. The second-order valence-corrected chi connectivity index (χ2v) is 5.89. The Balaban J connectivity index is 2.59. The Labute approximate surface area is 96.7 Å². The van der Waals surface area contributed by atoms with Crippen LogP contribution in [-0.4, -0.2) is 41.0 Å². The van der Waals surface area contributed by atoms with E-state index >= 15 is 0 Å². The van der Waals surface area contributed by atoms with E-state index in [1.807, 2.05) is 11.8 Å². The normalized spacial score (nSPS) is 28.0. The first-order valence-electron chi connectivity index (χ1n) is 5.58. The molecule has 2 unspecified atom stereocenters. The van der Waals surface area contributed by atoms with E-state index in [2.05, 4.69) is 36.1 Å². The lowest BCUT2D eigenvalue weighted by Gasteiger charge is -2.36. The van der Waals surface area contributed by atoms with Crippen LogP contribution in [0.3, 0.4) is 0 Å². The molecule has 0 saturated carbocycles. The number of hydrogen-bond donors (Lipinski definition) is 2. The summed E-state index contributed by atoms with van der Waals surface area (Å²) in [6.07, 6.45) is 1.05. The highest BCUT2D eigenvalue weighted by atomic mass is 32.2. The summed E-state index contributed by atoms with van der Waals surface area (Å²) in [6, 6.07) is 0. The molecule has 0 amide bonds. The molecule has 88 valence electrons. The van der Waals surface area contributed by atoms with E-state index in [1.54, 1.807) is 0 Å². The Bertz CT molecular complexity index is 209. The Morgan fingerprint density at radius 2 is 2.07 bits per heavy atom. The first-order chi connectivity index (χ1) is 7.17. The number of hydrazine groups is 1. The molecule has 0 bridgehead atoms. The number of aliphatic imine (C=N–C) groups is 1. The van der Waals surface area contributed by atoms with Gasteiger partial charge in [0.2, 0.25) is 5.96 Å². The first kappa shape index (κ1) is 12.6. The van der Waals surface area contributed by atoms with Gasteiger partial charge in [0, 0.05) is 30.1 Å². The number of guanidine groups is 1. The van der Waals surface area contributed by atoms with Crippen LogP contribution in [0.5, 0.6) is 0 Å². The van der Waals surface area contributed by atoms with Crippen molar-refractivity contribution in [2.24, 2.45) is 10.8 Å². The topological polar surface area (TPSA) is 53.6 Å². The van der Waals surface area contributed by atoms with Gasteiger partial charge in [-0.1, -0.05) is 20.8 Å². The second kappa shape index (κ2) is 6.23. The van der Waals surface area contributed by atoms with E-state index < -0.39 is 0 Å². The van der Waals surface area contributed by atoms with Crippen molar-refractivity contribution in [3.05, 3.63) is 0 Å². The Kier molecular flexibility index (Phi) is 5.25. The summed E-state index contributed by atoms with van der Waals surface area (Å²) < 4.78 is 0. The highest BCUT2D eigenvalue weighted by Gasteiger charge is 2.24. The van der Waals surface area contributed by atoms with Gasteiger partial charge in [-0.2, -0.15) is 11.8 Å². The zero-order valence-electron chi connectivity index (χ0n) is 9.86. The summed E-state index contributed by atoms with van der Waals surface area (Å²) in [5.74, 6) is 6.35. The molecule has 1 fully saturated rings. The Morgan fingerprint density at radius 3 is 2.53 bits per heavy atom. The van der Waals surface area contributed by atoms with Crippen molar-refractivity contribution < 1.29 is 0 Å². The Morgan fingerprint density at radius 1 is 1.47 bits per heavy atom. The van der Waals surface area contributed by atoms with E-state index in [9.17, 15) is 0 Å². The fourth-order valence-electron chi connectivity index (χ4n) is 1.81. The van der Waals surface area contributed by atoms with Crippen LogP contribution in [0.2, 0.25) is 0 Å². The van der Waals surface area contributed by atoms with Crippen molar-refractivity contribution in [1.29, 1.82) is 0 Å². The molecule has 5 heteroatoms. The van der Waals surface area contributed by atoms with Crippen molar-refractivity contribution >= 4 is 17.7 Å². The van der Waals surface area contributed by atoms with Gasteiger partial charge in [0.1, 0.15) is 0 Å². The zero-order valence-corrected chi connectivity index (χ0v) is 10.7. The average Bonchev–Trinajstić information content (AvgIpc) is 2.17. The molecule has 0 aliphatic carbocycles. The van der Waals surface area contributed by atoms with Gasteiger partial charge < -0.3 is 4.90 Å². The van der Waals surface area contributed by atoms with Gasteiger partial charge in [-0.15, -0.1) is 0 Å². The molecular weight excluding hydrogens is 208 g/mol. The van der Waals surface area contributed by atoms with Crippen LogP contribution in [0.25, 0.3) is 0 Å². The molecule has 3 N–H and O–H groups in total. The van der Waals surface area contributed by atoms with Crippen LogP contribution in [0.15, 0.2) is 4.99 Å². The van der Waals surface area contributed by atoms with E-state index in [0.717, 1.165) is 32.0 Å². The quantitative estimate of drug-likeness (QED) is 0.322.